The molecule has 0 aliphatic rings. The third-order valence-corrected chi connectivity index (χ3v) is 6.84. The molecule has 214 valence electrons. The maximum absolute atomic E-state index is 12.0. The molecule has 0 spiro atoms. The second-order valence-electron chi connectivity index (χ2n) is 10.5. The van der Waals surface area contributed by atoms with Gasteiger partial charge in [-0.15, -0.1) is 0 Å². The lowest BCUT2D eigenvalue weighted by atomic mass is 10.0. The van der Waals surface area contributed by atoms with E-state index in [1.54, 1.807) is 0 Å². The van der Waals surface area contributed by atoms with E-state index in [2.05, 4.69) is 26.0 Å². The van der Waals surface area contributed by atoms with E-state index in [4.69, 9.17) is 9.47 Å². The van der Waals surface area contributed by atoms with Crippen molar-refractivity contribution < 1.29 is 19.4 Å². The van der Waals surface area contributed by atoms with Crippen molar-refractivity contribution in [2.45, 2.75) is 168 Å². The lowest BCUT2D eigenvalue weighted by Gasteiger charge is -2.15. The number of esters is 1. The molecule has 36 heavy (non-hydrogen) atoms. The van der Waals surface area contributed by atoms with E-state index in [9.17, 15) is 9.90 Å². The number of aliphatic hydroxyl groups excluding tert-OH is 1. The van der Waals surface area contributed by atoms with Crippen molar-refractivity contribution in [2.24, 2.45) is 0 Å². The first-order chi connectivity index (χ1) is 17.7. The monoisotopic (exact) mass is 510 g/mol. The van der Waals surface area contributed by atoms with E-state index in [0.717, 1.165) is 19.3 Å². The van der Waals surface area contributed by atoms with Crippen LogP contribution in [0.3, 0.4) is 0 Å². The average Bonchev–Trinajstić information content (AvgIpc) is 2.88. The molecule has 0 saturated carbocycles. The summed E-state index contributed by atoms with van der Waals surface area (Å²) in [6.07, 6.45) is 32.3. The van der Waals surface area contributed by atoms with Crippen LogP contribution in [-0.4, -0.2) is 37.0 Å². The minimum Gasteiger partial charge on any atom is -0.457 e. The number of hydrogen-bond acceptors (Lipinski definition) is 4. The molecule has 0 aromatic carbocycles. The van der Waals surface area contributed by atoms with E-state index in [1.807, 2.05) is 0 Å². The predicted molar refractivity (Wildman–Crippen MR) is 154 cm³/mol. The Bertz CT molecular complexity index is 463. The van der Waals surface area contributed by atoms with E-state index < -0.39 is 6.10 Å². The topological polar surface area (TPSA) is 55.8 Å². The zero-order valence-corrected chi connectivity index (χ0v) is 24.3. The summed E-state index contributed by atoms with van der Waals surface area (Å²) >= 11 is 0. The number of unbranched alkanes of at least 4 members (excludes halogenated alkanes) is 19. The fraction of sp³-hybridized carbons (Fsp3) is 0.906. The highest BCUT2D eigenvalue weighted by molar-refractivity contribution is 5.69. The number of carbonyl (C=O) groups is 1. The molecular weight excluding hydrogens is 448 g/mol. The number of rotatable bonds is 29. The standard InChI is InChI=1S/C32H62O4/c1-3-5-7-9-11-13-15-16-18-20-22-24-26-28-35-30-31(29-33)36-32(34)27-25-23-21-19-17-14-12-10-8-6-4-2/h10,12,31,33H,3-9,11,13-30H2,1-2H3/b12-10-. The Morgan fingerprint density at radius 1 is 0.639 bits per heavy atom. The van der Waals surface area contributed by atoms with Crippen molar-refractivity contribution >= 4 is 5.97 Å². The van der Waals surface area contributed by atoms with E-state index in [-0.39, 0.29) is 12.6 Å². The lowest BCUT2D eigenvalue weighted by molar-refractivity contribution is -0.154. The van der Waals surface area contributed by atoms with Crippen molar-refractivity contribution in [3.05, 3.63) is 12.2 Å². The Balaban J connectivity index is 3.44. The van der Waals surface area contributed by atoms with Crippen molar-refractivity contribution in [3.8, 4) is 0 Å². The van der Waals surface area contributed by atoms with Crippen LogP contribution in [0.2, 0.25) is 0 Å². The molecule has 1 atom stereocenters. The summed E-state index contributed by atoms with van der Waals surface area (Å²) in [5.41, 5.74) is 0. The maximum atomic E-state index is 12.0. The molecule has 0 aromatic rings. The first-order valence-corrected chi connectivity index (χ1v) is 15.8. The maximum Gasteiger partial charge on any atom is 0.306 e. The number of ether oxygens (including phenoxy) is 2. The van der Waals surface area contributed by atoms with Gasteiger partial charge in [-0.3, -0.25) is 4.79 Å². The molecule has 4 heteroatoms. The molecule has 0 saturated heterocycles. The van der Waals surface area contributed by atoms with E-state index in [1.165, 1.54) is 122 Å². The Hall–Kier alpha value is -0.870. The van der Waals surface area contributed by atoms with Gasteiger partial charge in [-0.25, -0.2) is 0 Å². The normalized spacial score (nSPS) is 12.4. The van der Waals surface area contributed by atoms with Gasteiger partial charge >= 0.3 is 5.97 Å². The molecule has 0 aromatic heterocycles. The lowest BCUT2D eigenvalue weighted by Crippen LogP contribution is -2.27. The summed E-state index contributed by atoms with van der Waals surface area (Å²) < 4.78 is 11.0. The number of hydrogen-bond donors (Lipinski definition) is 1. The summed E-state index contributed by atoms with van der Waals surface area (Å²) in [6.45, 7) is 5.31. The summed E-state index contributed by atoms with van der Waals surface area (Å²) in [5.74, 6) is -0.211. The molecule has 0 heterocycles. The summed E-state index contributed by atoms with van der Waals surface area (Å²) in [5, 5.41) is 9.49. The molecule has 4 nitrogen and oxygen atoms in total. The molecule has 0 aliphatic heterocycles. The van der Waals surface area contributed by atoms with E-state index in [0.29, 0.717) is 19.6 Å². The molecule has 0 radical (unpaired) electrons. The first-order valence-electron chi connectivity index (χ1n) is 15.8. The SMILES string of the molecule is CCCC/C=C\CCCCCCCC(=O)OC(CO)COCCCCCCCCCCCCCCC. The van der Waals surface area contributed by atoms with Crippen LogP contribution in [0.4, 0.5) is 0 Å². The number of aliphatic hydroxyl groups is 1. The Morgan fingerprint density at radius 3 is 1.67 bits per heavy atom. The zero-order valence-electron chi connectivity index (χ0n) is 24.3. The van der Waals surface area contributed by atoms with Gasteiger partial charge in [-0.05, 0) is 32.1 Å². The highest BCUT2D eigenvalue weighted by atomic mass is 16.6. The summed E-state index contributed by atoms with van der Waals surface area (Å²) in [4.78, 5) is 12.0. The van der Waals surface area contributed by atoms with Crippen LogP contribution in [-0.2, 0) is 14.3 Å². The van der Waals surface area contributed by atoms with Crippen molar-refractivity contribution in [2.75, 3.05) is 19.8 Å². The van der Waals surface area contributed by atoms with Gasteiger partial charge in [0.1, 0.15) is 6.10 Å². The van der Waals surface area contributed by atoms with E-state index >= 15 is 0 Å². The molecule has 0 fully saturated rings. The number of allylic oxidation sites excluding steroid dienone is 2. The minimum absolute atomic E-state index is 0.171. The molecule has 1 N–H and O–H groups in total. The first kappa shape index (κ1) is 35.1. The summed E-state index contributed by atoms with van der Waals surface area (Å²) in [7, 11) is 0. The van der Waals surface area contributed by atoms with Gasteiger partial charge in [0.2, 0.25) is 0 Å². The van der Waals surface area contributed by atoms with Gasteiger partial charge < -0.3 is 14.6 Å². The van der Waals surface area contributed by atoms with Crippen molar-refractivity contribution in [1.82, 2.24) is 0 Å². The van der Waals surface area contributed by atoms with Gasteiger partial charge in [0.25, 0.3) is 0 Å². The van der Waals surface area contributed by atoms with Crippen molar-refractivity contribution in [3.63, 3.8) is 0 Å². The van der Waals surface area contributed by atoms with Crippen LogP contribution in [0.15, 0.2) is 12.2 Å². The quantitative estimate of drug-likeness (QED) is 0.0618. The second-order valence-corrected chi connectivity index (χ2v) is 10.5. The highest BCUT2D eigenvalue weighted by Gasteiger charge is 2.13. The zero-order chi connectivity index (χ0) is 26.4. The third kappa shape index (κ3) is 27.7. The van der Waals surface area contributed by atoms with Crippen LogP contribution >= 0.6 is 0 Å². The molecule has 0 rings (SSSR count). The molecule has 0 aliphatic carbocycles. The Kier molecular flexibility index (Phi) is 29.6. The second kappa shape index (κ2) is 30.4. The molecular formula is C32H62O4. The smallest absolute Gasteiger partial charge is 0.306 e. The Morgan fingerprint density at radius 2 is 1.11 bits per heavy atom. The van der Waals surface area contributed by atoms with Gasteiger partial charge in [0.15, 0.2) is 0 Å². The van der Waals surface area contributed by atoms with Crippen LogP contribution < -0.4 is 0 Å². The number of carbonyl (C=O) groups excluding carboxylic acids is 1. The largest absolute Gasteiger partial charge is 0.457 e. The van der Waals surface area contributed by atoms with Crippen LogP contribution in [0.25, 0.3) is 0 Å². The Labute approximate surface area is 225 Å². The summed E-state index contributed by atoms with van der Waals surface area (Å²) in [6, 6.07) is 0. The van der Waals surface area contributed by atoms with Crippen LogP contribution in [0.5, 0.6) is 0 Å². The fourth-order valence-electron chi connectivity index (χ4n) is 4.43. The van der Waals surface area contributed by atoms with Crippen molar-refractivity contribution in [1.29, 1.82) is 0 Å². The third-order valence-electron chi connectivity index (χ3n) is 6.84. The van der Waals surface area contributed by atoms with Gasteiger partial charge in [0, 0.05) is 13.0 Å². The molecule has 0 bridgehead atoms. The van der Waals surface area contributed by atoms with Gasteiger partial charge in [-0.2, -0.15) is 0 Å². The van der Waals surface area contributed by atoms with Crippen LogP contribution in [0, 0.1) is 0 Å². The van der Waals surface area contributed by atoms with Gasteiger partial charge in [0.05, 0.1) is 13.2 Å². The van der Waals surface area contributed by atoms with Gasteiger partial charge in [-0.1, -0.05) is 135 Å². The minimum atomic E-state index is -0.529. The molecule has 1 unspecified atom stereocenters. The molecule has 0 amide bonds. The predicted octanol–water partition coefficient (Wildman–Crippen LogP) is 9.48. The average molecular weight is 511 g/mol. The fourth-order valence-corrected chi connectivity index (χ4v) is 4.43. The van der Waals surface area contributed by atoms with Crippen LogP contribution in [0.1, 0.15) is 162 Å². The highest BCUT2D eigenvalue weighted by Crippen LogP contribution is 2.13.